The number of unbranched alkanes of at least 4 members (excludes halogenated alkanes) is 1. The fourth-order valence-corrected chi connectivity index (χ4v) is 1.54. The number of hydrogen-bond acceptors (Lipinski definition) is 2. The molecule has 0 aliphatic heterocycles. The molecule has 8 heteroatoms. The van der Waals surface area contributed by atoms with E-state index in [1.807, 2.05) is 6.92 Å². The highest BCUT2D eigenvalue weighted by Gasteiger charge is 2.32. The molecule has 0 unspecified atom stereocenters. The first kappa shape index (κ1) is 16.8. The number of aromatic carboxylic acids is 1. The molecule has 0 spiro atoms. The van der Waals surface area contributed by atoms with Crippen molar-refractivity contribution in [3.8, 4) is 0 Å². The van der Waals surface area contributed by atoms with E-state index in [-0.39, 0.29) is 5.69 Å². The van der Waals surface area contributed by atoms with Gasteiger partial charge in [0.2, 0.25) is 0 Å². The zero-order chi connectivity index (χ0) is 16.0. The third-order valence-corrected chi connectivity index (χ3v) is 2.58. The van der Waals surface area contributed by atoms with Crippen molar-refractivity contribution in [1.82, 2.24) is 5.32 Å². The second-order valence-electron chi connectivity index (χ2n) is 4.34. The Kier molecular flexibility index (Phi) is 5.57. The van der Waals surface area contributed by atoms with Crippen LogP contribution in [0.3, 0.4) is 0 Å². The summed E-state index contributed by atoms with van der Waals surface area (Å²) in [5.41, 5.74) is -1.91. The fraction of sp³-hybridized carbons (Fsp3) is 0.385. The first-order valence-corrected chi connectivity index (χ1v) is 6.24. The number of halogens is 3. The van der Waals surface area contributed by atoms with E-state index in [1.165, 1.54) is 0 Å². The topological polar surface area (TPSA) is 78.4 Å². The highest BCUT2D eigenvalue weighted by molar-refractivity contribution is 5.93. The molecule has 0 aliphatic rings. The van der Waals surface area contributed by atoms with Gasteiger partial charge in [-0.1, -0.05) is 13.3 Å². The van der Waals surface area contributed by atoms with E-state index in [0.29, 0.717) is 18.7 Å². The fourth-order valence-electron chi connectivity index (χ4n) is 1.54. The van der Waals surface area contributed by atoms with Crippen LogP contribution in [-0.2, 0) is 6.18 Å². The van der Waals surface area contributed by atoms with E-state index in [4.69, 9.17) is 5.11 Å². The summed E-state index contributed by atoms with van der Waals surface area (Å²) in [6.45, 7) is 2.30. The molecule has 21 heavy (non-hydrogen) atoms. The van der Waals surface area contributed by atoms with Gasteiger partial charge in [0.15, 0.2) is 0 Å². The van der Waals surface area contributed by atoms with E-state index < -0.39 is 29.3 Å². The second-order valence-corrected chi connectivity index (χ2v) is 4.34. The van der Waals surface area contributed by atoms with Crippen LogP contribution in [-0.4, -0.2) is 23.7 Å². The molecule has 0 fully saturated rings. The number of carboxylic acids is 1. The maximum Gasteiger partial charge on any atom is 0.416 e. The number of carbonyl (C=O) groups is 2. The van der Waals surface area contributed by atoms with Crippen LogP contribution >= 0.6 is 0 Å². The molecule has 1 aromatic rings. The molecule has 2 amide bonds. The normalized spacial score (nSPS) is 11.0. The monoisotopic (exact) mass is 304 g/mol. The molecule has 0 saturated carbocycles. The summed E-state index contributed by atoms with van der Waals surface area (Å²) in [4.78, 5) is 22.3. The molecule has 0 bridgehead atoms. The summed E-state index contributed by atoms with van der Waals surface area (Å²) in [6, 6.07) is 1.49. The molecule has 116 valence electrons. The first-order valence-electron chi connectivity index (χ1n) is 6.24. The van der Waals surface area contributed by atoms with Crippen molar-refractivity contribution >= 4 is 17.7 Å². The van der Waals surface area contributed by atoms with E-state index in [0.717, 1.165) is 18.9 Å². The maximum atomic E-state index is 12.7. The molecule has 0 saturated heterocycles. The van der Waals surface area contributed by atoms with Crippen LogP contribution in [0.5, 0.6) is 0 Å². The largest absolute Gasteiger partial charge is 0.478 e. The minimum absolute atomic E-state index is 0.226. The minimum Gasteiger partial charge on any atom is -0.478 e. The third kappa shape index (κ3) is 5.33. The van der Waals surface area contributed by atoms with Gasteiger partial charge < -0.3 is 15.7 Å². The molecule has 0 atom stereocenters. The molecular formula is C13H15F3N2O3. The van der Waals surface area contributed by atoms with Crippen LogP contribution in [0.1, 0.15) is 35.7 Å². The predicted molar refractivity (Wildman–Crippen MR) is 70.3 cm³/mol. The SMILES string of the molecule is CCCCNC(=O)Nc1cc(C(=O)O)cc(C(F)(F)F)c1. The smallest absolute Gasteiger partial charge is 0.416 e. The molecule has 3 N–H and O–H groups in total. The number of alkyl halides is 3. The number of amides is 2. The number of rotatable bonds is 5. The molecular weight excluding hydrogens is 289 g/mol. The highest BCUT2D eigenvalue weighted by Crippen LogP contribution is 2.32. The number of anilines is 1. The molecule has 1 rings (SSSR count). The zero-order valence-electron chi connectivity index (χ0n) is 11.3. The number of urea groups is 1. The van der Waals surface area contributed by atoms with Gasteiger partial charge in [-0.15, -0.1) is 0 Å². The molecule has 0 aliphatic carbocycles. The Balaban J connectivity index is 2.93. The van der Waals surface area contributed by atoms with E-state index in [1.54, 1.807) is 0 Å². The summed E-state index contributed by atoms with van der Waals surface area (Å²) in [7, 11) is 0. The summed E-state index contributed by atoms with van der Waals surface area (Å²) in [5, 5.41) is 13.5. The maximum absolute atomic E-state index is 12.7. The number of hydrogen-bond donors (Lipinski definition) is 3. The van der Waals surface area contributed by atoms with Crippen molar-refractivity contribution < 1.29 is 27.9 Å². The summed E-state index contributed by atoms with van der Waals surface area (Å²) < 4.78 is 38.0. The van der Waals surface area contributed by atoms with Gasteiger partial charge in [0.05, 0.1) is 11.1 Å². The third-order valence-electron chi connectivity index (χ3n) is 2.58. The van der Waals surface area contributed by atoms with E-state index >= 15 is 0 Å². The zero-order valence-corrected chi connectivity index (χ0v) is 11.3. The van der Waals surface area contributed by atoms with Gasteiger partial charge in [0.1, 0.15) is 0 Å². The number of benzene rings is 1. The van der Waals surface area contributed by atoms with Crippen molar-refractivity contribution in [2.24, 2.45) is 0 Å². The van der Waals surface area contributed by atoms with Crippen LogP contribution < -0.4 is 10.6 Å². The van der Waals surface area contributed by atoms with E-state index in [9.17, 15) is 22.8 Å². The first-order chi connectivity index (χ1) is 9.74. The van der Waals surface area contributed by atoms with Gasteiger partial charge in [-0.3, -0.25) is 0 Å². The Bertz CT molecular complexity index is 530. The Labute approximate surface area is 119 Å². The van der Waals surface area contributed by atoms with E-state index in [2.05, 4.69) is 10.6 Å². The number of carboxylic acid groups (broad SMARTS) is 1. The highest BCUT2D eigenvalue weighted by atomic mass is 19.4. The Morgan fingerprint density at radius 1 is 1.24 bits per heavy atom. The van der Waals surface area contributed by atoms with Crippen LogP contribution in [0, 0.1) is 0 Å². The average molecular weight is 304 g/mol. The summed E-state index contributed by atoms with van der Waals surface area (Å²) in [6.07, 6.45) is -3.11. The van der Waals surface area contributed by atoms with Crippen molar-refractivity contribution in [2.45, 2.75) is 25.9 Å². The summed E-state index contributed by atoms with van der Waals surface area (Å²) in [5.74, 6) is -1.50. The van der Waals surface area contributed by atoms with Crippen molar-refractivity contribution in [3.05, 3.63) is 29.3 Å². The Morgan fingerprint density at radius 3 is 2.43 bits per heavy atom. The minimum atomic E-state index is -4.69. The van der Waals surface area contributed by atoms with Crippen LogP contribution in [0.25, 0.3) is 0 Å². The summed E-state index contributed by atoms with van der Waals surface area (Å²) >= 11 is 0. The van der Waals surface area contributed by atoms with Gasteiger partial charge in [0.25, 0.3) is 0 Å². The van der Waals surface area contributed by atoms with Gasteiger partial charge >= 0.3 is 18.2 Å². The van der Waals surface area contributed by atoms with Crippen molar-refractivity contribution in [2.75, 3.05) is 11.9 Å². The number of nitrogens with one attached hydrogen (secondary N) is 2. The number of carbonyl (C=O) groups excluding carboxylic acids is 1. The quantitative estimate of drug-likeness (QED) is 0.730. The lowest BCUT2D eigenvalue weighted by atomic mass is 10.1. The molecule has 0 radical (unpaired) electrons. The Morgan fingerprint density at radius 2 is 1.90 bits per heavy atom. The van der Waals surface area contributed by atoms with Gasteiger partial charge in [-0.05, 0) is 24.6 Å². The molecule has 5 nitrogen and oxygen atoms in total. The lowest BCUT2D eigenvalue weighted by Crippen LogP contribution is -2.29. The lowest BCUT2D eigenvalue weighted by Gasteiger charge is -2.12. The van der Waals surface area contributed by atoms with Gasteiger partial charge in [0, 0.05) is 12.2 Å². The van der Waals surface area contributed by atoms with Crippen molar-refractivity contribution in [1.29, 1.82) is 0 Å². The van der Waals surface area contributed by atoms with Gasteiger partial charge in [-0.25, -0.2) is 9.59 Å². The van der Waals surface area contributed by atoms with Gasteiger partial charge in [-0.2, -0.15) is 13.2 Å². The van der Waals surface area contributed by atoms with Crippen LogP contribution in [0.15, 0.2) is 18.2 Å². The molecule has 0 heterocycles. The molecule has 1 aromatic carbocycles. The van der Waals surface area contributed by atoms with Crippen LogP contribution in [0.4, 0.5) is 23.7 Å². The van der Waals surface area contributed by atoms with Crippen molar-refractivity contribution in [3.63, 3.8) is 0 Å². The standard InChI is InChI=1S/C13H15F3N2O3/c1-2-3-4-17-12(21)18-10-6-8(11(19)20)5-9(7-10)13(14,15)16/h5-7H,2-4H2,1H3,(H,19,20)(H2,17,18,21). The van der Waals surface area contributed by atoms with Crippen LogP contribution in [0.2, 0.25) is 0 Å². The predicted octanol–water partition coefficient (Wildman–Crippen LogP) is 3.33. The lowest BCUT2D eigenvalue weighted by molar-refractivity contribution is -0.137. The average Bonchev–Trinajstić information content (AvgIpc) is 2.37. The molecule has 0 aromatic heterocycles. The second kappa shape index (κ2) is 6.96. The Hall–Kier alpha value is -2.25.